The summed E-state index contributed by atoms with van der Waals surface area (Å²) in [5.41, 5.74) is 3.10. The zero-order chi connectivity index (χ0) is 21.2. The van der Waals surface area contributed by atoms with E-state index in [9.17, 15) is 0 Å². The average molecular weight is 431 g/mol. The molecule has 0 radical (unpaired) electrons. The number of fused-ring (bicyclic) bond motifs is 1. The van der Waals surface area contributed by atoms with E-state index in [4.69, 9.17) is 26.3 Å². The molecule has 0 saturated carbocycles. The quantitative estimate of drug-likeness (QED) is 0.440. The molecule has 1 fully saturated rings. The van der Waals surface area contributed by atoms with E-state index in [1.165, 1.54) is 5.69 Å². The summed E-state index contributed by atoms with van der Waals surface area (Å²) in [5, 5.41) is 1.85. The molecule has 1 aliphatic heterocycles. The molecule has 0 bridgehead atoms. The highest BCUT2D eigenvalue weighted by molar-refractivity contribution is 6.30. The molecule has 0 spiro atoms. The zero-order valence-corrected chi connectivity index (χ0v) is 18.1. The summed E-state index contributed by atoms with van der Waals surface area (Å²) in [6.45, 7) is 3.60. The standard InChI is InChI=1S/C25H23ClN4O/c1-31-21-11-9-18(10-12-21)24-27-23-8-3-2-7-22(23)25(28-24)30-15-13-29(14-16-30)20-6-4-5-19(26)17-20/h2-12,17H,13-16H2,1H3. The molecule has 6 heteroatoms. The fraction of sp³-hybridized carbons (Fsp3) is 0.200. The van der Waals surface area contributed by atoms with Crippen molar-refractivity contribution in [2.75, 3.05) is 43.1 Å². The van der Waals surface area contributed by atoms with E-state index in [1.54, 1.807) is 7.11 Å². The molecule has 0 N–H and O–H groups in total. The van der Waals surface area contributed by atoms with Gasteiger partial charge in [0, 0.05) is 47.8 Å². The van der Waals surface area contributed by atoms with Crippen LogP contribution in [-0.4, -0.2) is 43.3 Å². The molecule has 0 amide bonds. The number of methoxy groups -OCH3 is 1. The van der Waals surface area contributed by atoms with Crippen LogP contribution in [0.2, 0.25) is 5.02 Å². The van der Waals surface area contributed by atoms with Crippen molar-refractivity contribution in [3.05, 3.63) is 77.8 Å². The van der Waals surface area contributed by atoms with Crippen molar-refractivity contribution in [2.45, 2.75) is 0 Å². The average Bonchev–Trinajstić information content (AvgIpc) is 2.83. The van der Waals surface area contributed by atoms with Crippen LogP contribution >= 0.6 is 11.6 Å². The second kappa shape index (κ2) is 8.44. The number of benzene rings is 3. The molecule has 5 rings (SSSR count). The van der Waals surface area contributed by atoms with Gasteiger partial charge in [0.15, 0.2) is 5.82 Å². The highest BCUT2D eigenvalue weighted by atomic mass is 35.5. The number of para-hydroxylation sites is 1. The van der Waals surface area contributed by atoms with E-state index < -0.39 is 0 Å². The Bertz CT molecular complexity index is 1200. The minimum atomic E-state index is 0.730. The molecular formula is C25H23ClN4O. The molecule has 0 atom stereocenters. The Kier molecular flexibility index (Phi) is 5.35. The number of anilines is 2. The first-order chi connectivity index (χ1) is 15.2. The van der Waals surface area contributed by atoms with Crippen molar-refractivity contribution < 1.29 is 4.74 Å². The van der Waals surface area contributed by atoms with Gasteiger partial charge in [-0.1, -0.05) is 29.8 Å². The van der Waals surface area contributed by atoms with Crippen LogP contribution in [0.1, 0.15) is 0 Å². The summed E-state index contributed by atoms with van der Waals surface area (Å²) in [4.78, 5) is 14.6. The summed E-state index contributed by atoms with van der Waals surface area (Å²) in [6, 6.07) is 24.2. The second-order valence-corrected chi connectivity index (χ2v) is 8.01. The number of ether oxygens (including phenoxy) is 1. The summed E-state index contributed by atoms with van der Waals surface area (Å²) in [7, 11) is 1.67. The zero-order valence-electron chi connectivity index (χ0n) is 17.3. The molecular weight excluding hydrogens is 408 g/mol. The van der Waals surface area contributed by atoms with Crippen LogP contribution in [-0.2, 0) is 0 Å². The lowest BCUT2D eigenvalue weighted by Crippen LogP contribution is -2.47. The van der Waals surface area contributed by atoms with Gasteiger partial charge in [-0.05, 0) is 54.6 Å². The minimum absolute atomic E-state index is 0.730. The highest BCUT2D eigenvalue weighted by Gasteiger charge is 2.21. The number of aromatic nitrogens is 2. The van der Waals surface area contributed by atoms with Crippen LogP contribution in [0.4, 0.5) is 11.5 Å². The van der Waals surface area contributed by atoms with E-state index in [1.807, 2.05) is 54.6 Å². The van der Waals surface area contributed by atoms with Gasteiger partial charge in [-0.15, -0.1) is 0 Å². The van der Waals surface area contributed by atoms with Gasteiger partial charge in [-0.2, -0.15) is 0 Å². The summed E-state index contributed by atoms with van der Waals surface area (Å²) < 4.78 is 5.29. The van der Waals surface area contributed by atoms with Crippen LogP contribution in [0.15, 0.2) is 72.8 Å². The fourth-order valence-corrected chi connectivity index (χ4v) is 4.20. The smallest absolute Gasteiger partial charge is 0.162 e. The SMILES string of the molecule is COc1ccc(-c2nc(N3CCN(c4cccc(Cl)c4)CC3)c3ccccc3n2)cc1. The number of nitrogens with zero attached hydrogens (tertiary/aromatic N) is 4. The van der Waals surface area contributed by atoms with Crippen molar-refractivity contribution in [1.82, 2.24) is 9.97 Å². The number of piperazine rings is 1. The van der Waals surface area contributed by atoms with Crippen LogP contribution < -0.4 is 14.5 Å². The van der Waals surface area contributed by atoms with Gasteiger partial charge in [0.1, 0.15) is 11.6 Å². The molecule has 3 aromatic carbocycles. The summed E-state index contributed by atoms with van der Waals surface area (Å²) in [6.07, 6.45) is 0. The highest BCUT2D eigenvalue weighted by Crippen LogP contribution is 2.30. The maximum atomic E-state index is 6.19. The first-order valence-corrected chi connectivity index (χ1v) is 10.8. The third-order valence-corrected chi connectivity index (χ3v) is 5.92. The Labute approximate surface area is 186 Å². The third kappa shape index (κ3) is 4.01. The molecule has 156 valence electrons. The van der Waals surface area contributed by atoms with E-state index in [2.05, 4.69) is 28.0 Å². The number of hydrogen-bond acceptors (Lipinski definition) is 5. The second-order valence-electron chi connectivity index (χ2n) is 7.57. The van der Waals surface area contributed by atoms with Crippen molar-refractivity contribution in [1.29, 1.82) is 0 Å². The first kappa shape index (κ1) is 19.6. The predicted octanol–water partition coefficient (Wildman–Crippen LogP) is 5.29. The Hall–Kier alpha value is -3.31. The third-order valence-electron chi connectivity index (χ3n) is 5.68. The number of rotatable bonds is 4. The Morgan fingerprint density at radius 3 is 2.29 bits per heavy atom. The van der Waals surface area contributed by atoms with Crippen LogP contribution in [0.3, 0.4) is 0 Å². The maximum Gasteiger partial charge on any atom is 0.162 e. The van der Waals surface area contributed by atoms with Gasteiger partial charge >= 0.3 is 0 Å². The Morgan fingerprint density at radius 1 is 0.806 bits per heavy atom. The lowest BCUT2D eigenvalue weighted by Gasteiger charge is -2.37. The van der Waals surface area contributed by atoms with Gasteiger partial charge in [-0.3, -0.25) is 0 Å². The predicted molar refractivity (Wildman–Crippen MR) is 127 cm³/mol. The van der Waals surface area contributed by atoms with Crippen molar-refractivity contribution in [3.63, 3.8) is 0 Å². The van der Waals surface area contributed by atoms with Gasteiger partial charge in [0.2, 0.25) is 0 Å². The molecule has 2 heterocycles. The minimum Gasteiger partial charge on any atom is -0.497 e. The molecule has 4 aromatic rings. The number of hydrogen-bond donors (Lipinski definition) is 0. The fourth-order valence-electron chi connectivity index (χ4n) is 4.02. The molecule has 1 aromatic heterocycles. The molecule has 0 unspecified atom stereocenters. The lowest BCUT2D eigenvalue weighted by molar-refractivity contribution is 0.415. The monoisotopic (exact) mass is 430 g/mol. The lowest BCUT2D eigenvalue weighted by atomic mass is 10.1. The van der Waals surface area contributed by atoms with Gasteiger partial charge in [-0.25, -0.2) is 9.97 Å². The summed E-state index contributed by atoms with van der Waals surface area (Å²) >= 11 is 6.19. The Balaban J connectivity index is 1.46. The van der Waals surface area contributed by atoms with Gasteiger partial charge in [0.05, 0.1) is 12.6 Å². The molecule has 0 aliphatic carbocycles. The molecule has 1 aliphatic rings. The topological polar surface area (TPSA) is 41.5 Å². The number of halogens is 1. The normalized spacial score (nSPS) is 14.1. The van der Waals surface area contributed by atoms with Gasteiger partial charge < -0.3 is 14.5 Å². The van der Waals surface area contributed by atoms with E-state index in [0.29, 0.717) is 0 Å². The van der Waals surface area contributed by atoms with Crippen LogP contribution in [0.25, 0.3) is 22.3 Å². The van der Waals surface area contributed by atoms with Crippen molar-refractivity contribution in [3.8, 4) is 17.1 Å². The van der Waals surface area contributed by atoms with Crippen molar-refractivity contribution >= 4 is 34.0 Å². The van der Waals surface area contributed by atoms with E-state index in [0.717, 1.165) is 65.1 Å². The van der Waals surface area contributed by atoms with E-state index >= 15 is 0 Å². The van der Waals surface area contributed by atoms with Crippen LogP contribution in [0, 0.1) is 0 Å². The first-order valence-electron chi connectivity index (χ1n) is 10.4. The van der Waals surface area contributed by atoms with Gasteiger partial charge in [0.25, 0.3) is 0 Å². The molecule has 1 saturated heterocycles. The van der Waals surface area contributed by atoms with Crippen LogP contribution in [0.5, 0.6) is 5.75 Å². The maximum absolute atomic E-state index is 6.19. The molecule has 31 heavy (non-hydrogen) atoms. The molecule has 5 nitrogen and oxygen atoms in total. The van der Waals surface area contributed by atoms with Crippen molar-refractivity contribution in [2.24, 2.45) is 0 Å². The van der Waals surface area contributed by atoms with E-state index in [-0.39, 0.29) is 0 Å². The largest absolute Gasteiger partial charge is 0.497 e. The summed E-state index contributed by atoms with van der Waals surface area (Å²) in [5.74, 6) is 2.54. The Morgan fingerprint density at radius 2 is 1.55 bits per heavy atom.